The summed E-state index contributed by atoms with van der Waals surface area (Å²) in [5, 5.41) is 18.8. The van der Waals surface area contributed by atoms with Crippen LogP contribution < -0.4 is 4.74 Å². The smallest absolute Gasteiger partial charge is 0.118 e. The van der Waals surface area contributed by atoms with Gasteiger partial charge in [-0.05, 0) is 43.2 Å². The number of rotatable bonds is 3. The van der Waals surface area contributed by atoms with Crippen LogP contribution in [0.2, 0.25) is 0 Å². The van der Waals surface area contributed by atoms with Crippen LogP contribution >= 0.6 is 0 Å². The van der Waals surface area contributed by atoms with E-state index in [2.05, 4.69) is 10.2 Å². The summed E-state index contributed by atoms with van der Waals surface area (Å²) in [6.07, 6.45) is 3.90. The summed E-state index contributed by atoms with van der Waals surface area (Å²) < 4.78 is 6.34. The van der Waals surface area contributed by atoms with Crippen LogP contribution in [0, 0.1) is 0 Å². The monoisotopic (exact) mass is 281 g/mol. The highest BCUT2D eigenvalue weighted by atomic mass is 16.5. The van der Waals surface area contributed by atoms with Gasteiger partial charge < -0.3 is 9.94 Å². The van der Waals surface area contributed by atoms with Crippen molar-refractivity contribution in [1.82, 2.24) is 14.9 Å². The molecule has 2 aliphatic heterocycles. The van der Waals surface area contributed by atoms with E-state index in [1.54, 1.807) is 19.4 Å². The maximum atomic E-state index is 10.3. The maximum Gasteiger partial charge on any atom is 0.118 e. The molecule has 1 fully saturated rings. The second-order valence-electron chi connectivity index (χ2n) is 5.36. The molecule has 0 aromatic heterocycles. The second-order valence-corrected chi connectivity index (χ2v) is 5.36. The Morgan fingerprint density at radius 1 is 1.14 bits per heavy atom. The molecule has 1 aromatic carbocycles. The minimum atomic E-state index is 0.481. The highest BCUT2D eigenvalue weighted by Crippen LogP contribution is 2.46. The van der Waals surface area contributed by atoms with Crippen molar-refractivity contribution in [2.45, 2.75) is 18.8 Å². The molecule has 0 radical (unpaired) electrons. The van der Waals surface area contributed by atoms with Crippen LogP contribution in [-0.2, 0) is 0 Å². The van der Waals surface area contributed by atoms with Crippen LogP contribution in [0.25, 0.3) is 22.5 Å². The predicted octanol–water partition coefficient (Wildman–Crippen LogP) is 3.17. The van der Waals surface area contributed by atoms with Gasteiger partial charge in [0.15, 0.2) is 0 Å². The molecular formula is C16H15N3O2. The van der Waals surface area contributed by atoms with Crippen molar-refractivity contribution in [1.29, 1.82) is 0 Å². The van der Waals surface area contributed by atoms with Crippen LogP contribution in [0.3, 0.4) is 0 Å². The van der Waals surface area contributed by atoms with Crippen molar-refractivity contribution < 1.29 is 9.94 Å². The Hall–Kier alpha value is -2.56. The van der Waals surface area contributed by atoms with Gasteiger partial charge in [-0.15, -0.1) is 0 Å². The fourth-order valence-electron chi connectivity index (χ4n) is 2.70. The molecule has 2 heterocycles. The highest BCUT2D eigenvalue weighted by molar-refractivity contribution is 5.82. The average Bonchev–Trinajstić information content (AvgIpc) is 3.27. The average molecular weight is 281 g/mol. The maximum absolute atomic E-state index is 10.3. The first-order valence-electron chi connectivity index (χ1n) is 6.99. The Kier molecular flexibility index (Phi) is 2.60. The number of methoxy groups -OCH3 is 1. The molecule has 1 N–H and O–H groups in total. The van der Waals surface area contributed by atoms with Gasteiger partial charge in [-0.25, -0.2) is 0 Å². The van der Waals surface area contributed by atoms with Crippen molar-refractivity contribution in [3.63, 3.8) is 0 Å². The summed E-state index contributed by atoms with van der Waals surface area (Å²) in [4.78, 5) is 0. The number of hydrogen-bond acceptors (Lipinski definition) is 4. The molecule has 106 valence electrons. The fourth-order valence-corrected chi connectivity index (χ4v) is 2.70. The quantitative estimate of drug-likeness (QED) is 0.749. The van der Waals surface area contributed by atoms with Crippen molar-refractivity contribution in [3.05, 3.63) is 42.2 Å². The van der Waals surface area contributed by atoms with E-state index in [0.29, 0.717) is 5.92 Å². The molecule has 0 atom stereocenters. The summed E-state index contributed by atoms with van der Waals surface area (Å²) in [6.45, 7) is 0. The van der Waals surface area contributed by atoms with E-state index in [1.807, 2.05) is 24.3 Å². The number of aromatic nitrogens is 3. The van der Waals surface area contributed by atoms with E-state index in [0.717, 1.165) is 51.5 Å². The summed E-state index contributed by atoms with van der Waals surface area (Å²) in [7, 11) is 1.64. The van der Waals surface area contributed by atoms with Crippen LogP contribution in [0.4, 0.5) is 0 Å². The normalized spacial score (nSPS) is 14.5. The number of benzene rings is 1. The number of hydrogen-bond donors (Lipinski definition) is 1. The predicted molar refractivity (Wildman–Crippen MR) is 77.8 cm³/mol. The summed E-state index contributed by atoms with van der Waals surface area (Å²) in [5.41, 5.74) is 4.43. The number of nitrogens with zero attached hydrogens (tertiary/aromatic N) is 3. The van der Waals surface area contributed by atoms with Gasteiger partial charge in [-0.3, -0.25) is 0 Å². The van der Waals surface area contributed by atoms with Crippen molar-refractivity contribution in [3.8, 4) is 28.3 Å². The molecule has 4 rings (SSSR count). The zero-order valence-electron chi connectivity index (χ0n) is 11.7. The van der Waals surface area contributed by atoms with E-state index in [9.17, 15) is 5.21 Å². The Bertz CT molecular complexity index is 760. The van der Waals surface area contributed by atoms with Crippen molar-refractivity contribution in [2.75, 3.05) is 7.11 Å². The van der Waals surface area contributed by atoms with Gasteiger partial charge in [-0.2, -0.15) is 14.9 Å². The van der Waals surface area contributed by atoms with Gasteiger partial charge in [0.2, 0.25) is 0 Å². The third-order valence-electron chi connectivity index (χ3n) is 3.94. The molecular weight excluding hydrogens is 266 g/mol. The van der Waals surface area contributed by atoms with Gasteiger partial charge in [0.25, 0.3) is 0 Å². The molecule has 1 aliphatic carbocycles. The molecule has 1 saturated carbocycles. The fraction of sp³-hybridized carbons (Fsp3) is 0.250. The molecule has 3 aliphatic rings. The number of fused-ring (bicyclic) bond motifs is 1. The third-order valence-corrected chi connectivity index (χ3v) is 3.94. The minimum Gasteiger partial charge on any atom is -0.497 e. The first kappa shape index (κ1) is 12.2. The van der Waals surface area contributed by atoms with E-state index in [-0.39, 0.29) is 0 Å². The van der Waals surface area contributed by atoms with Crippen molar-refractivity contribution >= 4 is 0 Å². The molecule has 0 bridgehead atoms. The highest BCUT2D eigenvalue weighted by Gasteiger charge is 2.33. The zero-order chi connectivity index (χ0) is 14.4. The Labute approximate surface area is 122 Å². The standard InChI is InChI=1S/C16H15N3O2/c1-21-12-6-4-11(5-7-12)16-14-13(8-9-19(16)20)17-18-15(14)10-2-3-10/h4-10,20H,2-3H2,1H3. The molecule has 0 saturated heterocycles. The Morgan fingerprint density at radius 2 is 1.90 bits per heavy atom. The van der Waals surface area contributed by atoms with Gasteiger partial charge >= 0.3 is 0 Å². The molecule has 0 spiro atoms. The van der Waals surface area contributed by atoms with E-state index in [1.165, 1.54) is 0 Å². The van der Waals surface area contributed by atoms with Gasteiger partial charge in [0.1, 0.15) is 5.75 Å². The van der Waals surface area contributed by atoms with Gasteiger partial charge in [-0.1, -0.05) is 0 Å². The number of ether oxygens (including phenoxy) is 1. The Balaban J connectivity index is 1.93. The first-order valence-corrected chi connectivity index (χ1v) is 6.99. The van der Waals surface area contributed by atoms with Crippen LogP contribution in [-0.4, -0.2) is 27.2 Å². The lowest BCUT2D eigenvalue weighted by atomic mass is 9.99. The summed E-state index contributed by atoms with van der Waals surface area (Å²) >= 11 is 0. The second kappa shape index (κ2) is 4.48. The zero-order valence-corrected chi connectivity index (χ0v) is 11.7. The lowest BCUT2D eigenvalue weighted by molar-refractivity contribution is 0.189. The Morgan fingerprint density at radius 3 is 2.57 bits per heavy atom. The topological polar surface area (TPSA) is 60.2 Å². The summed E-state index contributed by atoms with van der Waals surface area (Å²) in [5.74, 6) is 1.27. The van der Waals surface area contributed by atoms with E-state index < -0.39 is 0 Å². The molecule has 1 aromatic rings. The van der Waals surface area contributed by atoms with Crippen LogP contribution in [0.15, 0.2) is 36.5 Å². The summed E-state index contributed by atoms with van der Waals surface area (Å²) in [6, 6.07) is 9.43. The molecule has 21 heavy (non-hydrogen) atoms. The molecule has 0 amide bonds. The van der Waals surface area contributed by atoms with Gasteiger partial charge in [0.05, 0.1) is 29.8 Å². The van der Waals surface area contributed by atoms with Gasteiger partial charge in [0, 0.05) is 17.7 Å². The lowest BCUT2D eigenvalue weighted by Gasteiger charge is -2.13. The SMILES string of the molecule is COc1ccc(-c2c3c(C4CC4)nnc-3ccn2O)cc1. The van der Waals surface area contributed by atoms with E-state index >= 15 is 0 Å². The molecule has 5 heteroatoms. The van der Waals surface area contributed by atoms with Crippen LogP contribution in [0.1, 0.15) is 24.5 Å². The van der Waals surface area contributed by atoms with Crippen LogP contribution in [0.5, 0.6) is 5.75 Å². The minimum absolute atomic E-state index is 0.481. The van der Waals surface area contributed by atoms with E-state index in [4.69, 9.17) is 4.74 Å². The lowest BCUT2D eigenvalue weighted by Crippen LogP contribution is -2.01. The third kappa shape index (κ3) is 1.93. The largest absolute Gasteiger partial charge is 0.497 e. The molecule has 0 unspecified atom stereocenters. The van der Waals surface area contributed by atoms with Crippen molar-refractivity contribution in [2.24, 2.45) is 0 Å². The molecule has 5 nitrogen and oxygen atoms in total. The number of pyridine rings is 1. The first-order chi connectivity index (χ1) is 10.3.